The molecule has 7 rings (SSSR count). The van der Waals surface area contributed by atoms with Gasteiger partial charge in [0, 0.05) is 16.8 Å². The van der Waals surface area contributed by atoms with E-state index in [1.807, 2.05) is 103 Å². The van der Waals surface area contributed by atoms with E-state index in [0.29, 0.717) is 29.7 Å². The van der Waals surface area contributed by atoms with Crippen LogP contribution in [0.5, 0.6) is 5.75 Å². The SMILES string of the molecule is CCCCOc1ccc(NC2=Nc3ccccc3N3C2=Nc2c(c(C)nn2-c2ccccc2)[C@H]3c2ccccc2F)cc1. The minimum absolute atomic E-state index is 0.292. The molecule has 7 nitrogen and oxygen atoms in total. The average molecular weight is 571 g/mol. The fourth-order valence-corrected chi connectivity index (χ4v) is 5.64. The third-order valence-corrected chi connectivity index (χ3v) is 7.72. The van der Waals surface area contributed by atoms with Gasteiger partial charge in [-0.05, 0) is 67.9 Å². The molecule has 1 aromatic heterocycles. The highest BCUT2D eigenvalue weighted by Crippen LogP contribution is 2.48. The van der Waals surface area contributed by atoms with Gasteiger partial charge in [0.15, 0.2) is 17.5 Å². The fourth-order valence-electron chi connectivity index (χ4n) is 5.64. The molecule has 4 aromatic carbocycles. The molecule has 0 aliphatic carbocycles. The van der Waals surface area contributed by atoms with Gasteiger partial charge in [0.1, 0.15) is 11.6 Å². The molecule has 0 fully saturated rings. The molecule has 214 valence electrons. The number of halogens is 1. The third-order valence-electron chi connectivity index (χ3n) is 7.72. The average Bonchev–Trinajstić information content (AvgIpc) is 3.38. The van der Waals surface area contributed by atoms with Crippen molar-refractivity contribution in [2.45, 2.75) is 32.7 Å². The topological polar surface area (TPSA) is 67.0 Å². The summed E-state index contributed by atoms with van der Waals surface area (Å²) < 4.78 is 23.4. The summed E-state index contributed by atoms with van der Waals surface area (Å²) in [7, 11) is 0. The Morgan fingerprint density at radius 2 is 1.60 bits per heavy atom. The van der Waals surface area contributed by atoms with Gasteiger partial charge in [-0.1, -0.05) is 61.9 Å². The van der Waals surface area contributed by atoms with E-state index >= 15 is 4.39 Å². The molecule has 2 aliphatic rings. The maximum absolute atomic E-state index is 15.7. The van der Waals surface area contributed by atoms with Crippen molar-refractivity contribution >= 4 is 34.6 Å². The number of nitrogens with zero attached hydrogens (tertiary/aromatic N) is 5. The van der Waals surface area contributed by atoms with Crippen molar-refractivity contribution in [3.8, 4) is 11.4 Å². The Hall–Kier alpha value is -5.24. The quantitative estimate of drug-likeness (QED) is 0.200. The Kier molecular flexibility index (Phi) is 6.95. The molecule has 0 bridgehead atoms. The van der Waals surface area contributed by atoms with Gasteiger partial charge in [-0.25, -0.2) is 19.1 Å². The highest BCUT2D eigenvalue weighted by atomic mass is 19.1. The number of rotatable bonds is 7. The summed E-state index contributed by atoms with van der Waals surface area (Å²) in [5, 5.41) is 8.41. The van der Waals surface area contributed by atoms with Gasteiger partial charge >= 0.3 is 0 Å². The van der Waals surface area contributed by atoms with Gasteiger partial charge in [0.05, 0.1) is 35.4 Å². The van der Waals surface area contributed by atoms with Crippen LogP contribution in [-0.2, 0) is 0 Å². The van der Waals surface area contributed by atoms with Crippen LogP contribution in [0.15, 0.2) is 113 Å². The van der Waals surface area contributed by atoms with Crippen molar-refractivity contribution in [2.75, 3.05) is 16.8 Å². The molecule has 0 unspecified atom stereocenters. The second-order valence-electron chi connectivity index (χ2n) is 10.6. The van der Waals surface area contributed by atoms with Gasteiger partial charge in [-0.15, -0.1) is 0 Å². The van der Waals surface area contributed by atoms with Crippen molar-refractivity contribution in [1.82, 2.24) is 9.78 Å². The summed E-state index contributed by atoms with van der Waals surface area (Å²) in [4.78, 5) is 12.3. The van der Waals surface area contributed by atoms with Gasteiger partial charge in [0.25, 0.3) is 0 Å². The first-order valence-corrected chi connectivity index (χ1v) is 14.6. The normalized spacial score (nSPS) is 15.1. The summed E-state index contributed by atoms with van der Waals surface area (Å²) in [5.74, 6) is 2.32. The van der Waals surface area contributed by atoms with E-state index in [2.05, 4.69) is 17.1 Å². The van der Waals surface area contributed by atoms with E-state index in [-0.39, 0.29) is 5.82 Å². The second kappa shape index (κ2) is 11.2. The highest BCUT2D eigenvalue weighted by Gasteiger charge is 2.42. The molecular formula is C35H31FN6O. The summed E-state index contributed by atoms with van der Waals surface area (Å²) in [6.45, 7) is 4.79. The Morgan fingerprint density at radius 1 is 0.860 bits per heavy atom. The van der Waals surface area contributed by atoms with Crippen LogP contribution in [0.3, 0.4) is 0 Å². The molecular weight excluding hydrogens is 539 g/mol. The summed E-state index contributed by atoms with van der Waals surface area (Å²) in [5.41, 5.74) is 5.49. The smallest absolute Gasteiger partial charge is 0.179 e. The molecule has 0 saturated carbocycles. The fraction of sp³-hybridized carbons (Fsp3) is 0.171. The van der Waals surface area contributed by atoms with Crippen LogP contribution in [-0.4, -0.2) is 28.1 Å². The number of aliphatic imine (C=N–C) groups is 2. The maximum atomic E-state index is 15.7. The minimum Gasteiger partial charge on any atom is -0.494 e. The summed E-state index contributed by atoms with van der Waals surface area (Å²) in [6, 6.07) is 32.0. The second-order valence-corrected chi connectivity index (χ2v) is 10.6. The Labute approximate surface area is 250 Å². The van der Waals surface area contributed by atoms with Crippen molar-refractivity contribution in [3.63, 3.8) is 0 Å². The molecule has 5 aromatic rings. The number of hydrogen-bond acceptors (Lipinski definition) is 6. The number of unbranched alkanes of at least 4 members (excludes halogenated alkanes) is 1. The number of aryl methyl sites for hydroxylation is 1. The first-order chi connectivity index (χ1) is 21.1. The first kappa shape index (κ1) is 26.6. The van der Waals surface area contributed by atoms with E-state index in [0.717, 1.165) is 52.6 Å². The molecule has 0 saturated heterocycles. The number of amidine groups is 2. The molecule has 0 spiro atoms. The van der Waals surface area contributed by atoms with Crippen molar-refractivity contribution in [2.24, 2.45) is 9.98 Å². The highest BCUT2D eigenvalue weighted by molar-refractivity contribution is 6.51. The number of anilines is 2. The van der Waals surface area contributed by atoms with Crippen molar-refractivity contribution < 1.29 is 9.13 Å². The number of para-hydroxylation sites is 3. The number of hydrogen-bond donors (Lipinski definition) is 1. The largest absolute Gasteiger partial charge is 0.494 e. The van der Waals surface area contributed by atoms with E-state index in [1.165, 1.54) is 6.07 Å². The van der Waals surface area contributed by atoms with Crippen LogP contribution in [0, 0.1) is 12.7 Å². The van der Waals surface area contributed by atoms with Gasteiger partial charge < -0.3 is 15.0 Å². The number of fused-ring (bicyclic) bond motifs is 4. The molecule has 2 aliphatic heterocycles. The number of aromatic nitrogens is 2. The van der Waals surface area contributed by atoms with E-state index in [1.54, 1.807) is 6.07 Å². The Bertz CT molecular complexity index is 1840. The third kappa shape index (κ3) is 4.84. The van der Waals surface area contributed by atoms with Crippen LogP contribution in [0.25, 0.3) is 5.69 Å². The zero-order chi connectivity index (χ0) is 29.3. The van der Waals surface area contributed by atoms with Crippen molar-refractivity contribution in [1.29, 1.82) is 0 Å². The van der Waals surface area contributed by atoms with Crippen LogP contribution in [0.2, 0.25) is 0 Å². The Balaban J connectivity index is 1.39. The van der Waals surface area contributed by atoms with E-state index < -0.39 is 6.04 Å². The van der Waals surface area contributed by atoms with Crippen LogP contribution < -0.4 is 15.0 Å². The molecule has 0 amide bonds. The van der Waals surface area contributed by atoms with Crippen LogP contribution in [0.4, 0.5) is 27.3 Å². The number of benzene rings is 4. The zero-order valence-corrected chi connectivity index (χ0v) is 24.0. The Morgan fingerprint density at radius 3 is 2.40 bits per heavy atom. The lowest BCUT2D eigenvalue weighted by atomic mass is 9.93. The molecule has 1 N–H and O–H groups in total. The number of ether oxygens (including phenoxy) is 1. The van der Waals surface area contributed by atoms with E-state index in [4.69, 9.17) is 19.8 Å². The molecule has 1 atom stereocenters. The standard InChI is InChI=1S/C35H31FN6O/c1-3-4-22-43-26-20-18-24(19-21-26)37-33-35-39-34-31(23(2)40-42(34)25-12-6-5-7-13-25)32(27-14-8-9-15-28(27)36)41(35)30-17-11-10-16-29(30)38-33/h5-21,32H,3-4,22H2,1-2H3,(H,37,38)/t32-/m1/s1. The molecule has 43 heavy (non-hydrogen) atoms. The number of nitrogens with one attached hydrogen (secondary N) is 1. The maximum Gasteiger partial charge on any atom is 0.179 e. The molecule has 8 heteroatoms. The first-order valence-electron chi connectivity index (χ1n) is 14.6. The van der Waals surface area contributed by atoms with Crippen molar-refractivity contribution in [3.05, 3.63) is 126 Å². The predicted molar refractivity (Wildman–Crippen MR) is 170 cm³/mol. The lowest BCUT2D eigenvalue weighted by Crippen LogP contribution is -2.46. The monoisotopic (exact) mass is 570 g/mol. The molecule has 0 radical (unpaired) electrons. The predicted octanol–water partition coefficient (Wildman–Crippen LogP) is 8.29. The zero-order valence-electron chi connectivity index (χ0n) is 24.0. The van der Waals surface area contributed by atoms with Crippen LogP contribution >= 0.6 is 0 Å². The summed E-state index contributed by atoms with van der Waals surface area (Å²) >= 11 is 0. The van der Waals surface area contributed by atoms with E-state index in [9.17, 15) is 0 Å². The minimum atomic E-state index is -0.524. The van der Waals surface area contributed by atoms with Gasteiger partial charge in [-0.3, -0.25) is 0 Å². The lowest BCUT2D eigenvalue weighted by Gasteiger charge is -2.40. The van der Waals surface area contributed by atoms with Gasteiger partial charge in [0.2, 0.25) is 0 Å². The lowest BCUT2D eigenvalue weighted by molar-refractivity contribution is 0.309. The van der Waals surface area contributed by atoms with Gasteiger partial charge in [-0.2, -0.15) is 5.10 Å². The molecule has 3 heterocycles. The summed E-state index contributed by atoms with van der Waals surface area (Å²) in [6.07, 6.45) is 2.09. The van der Waals surface area contributed by atoms with Crippen LogP contribution in [0.1, 0.15) is 42.6 Å².